The van der Waals surface area contributed by atoms with Gasteiger partial charge in [-0.25, -0.2) is 26.3 Å². The van der Waals surface area contributed by atoms with Crippen LogP contribution in [0.1, 0.15) is 36.8 Å². The number of sulfonamides is 1. The van der Waals surface area contributed by atoms with E-state index in [9.17, 15) is 26.4 Å². The van der Waals surface area contributed by atoms with Crippen LogP contribution in [0.4, 0.5) is 13.2 Å². The zero-order valence-electron chi connectivity index (χ0n) is 18.6. The number of nitrogens with zero attached hydrogens (tertiary/aromatic N) is 1. The van der Waals surface area contributed by atoms with Crippen molar-refractivity contribution in [3.8, 4) is 0 Å². The van der Waals surface area contributed by atoms with Crippen LogP contribution < -0.4 is 10.5 Å². The van der Waals surface area contributed by atoms with Crippen LogP contribution >= 0.6 is 0 Å². The van der Waals surface area contributed by atoms with E-state index in [4.69, 9.17) is 5.73 Å². The van der Waals surface area contributed by atoms with Crippen molar-refractivity contribution in [1.82, 2.24) is 9.62 Å². The van der Waals surface area contributed by atoms with E-state index < -0.39 is 45.2 Å². The molecule has 2 aliphatic heterocycles. The fraction of sp³-hybridized carbons (Fsp3) is 0.458. The maximum atomic E-state index is 14.0. The minimum absolute atomic E-state index is 0.0211. The number of halogens is 3. The van der Waals surface area contributed by atoms with Crippen molar-refractivity contribution < 1.29 is 26.4 Å². The number of rotatable bonds is 8. The van der Waals surface area contributed by atoms with Crippen molar-refractivity contribution in [2.24, 2.45) is 11.7 Å². The number of hydrogen-bond acceptors (Lipinski definition) is 4. The quantitative estimate of drug-likeness (QED) is 0.551. The fourth-order valence-corrected chi connectivity index (χ4v) is 6.16. The summed E-state index contributed by atoms with van der Waals surface area (Å²) in [5.74, 6) is -4.30. The first-order chi connectivity index (χ1) is 16.1. The van der Waals surface area contributed by atoms with Gasteiger partial charge in [0, 0.05) is 30.7 Å². The lowest BCUT2D eigenvalue weighted by Gasteiger charge is -2.41. The summed E-state index contributed by atoms with van der Waals surface area (Å²) in [7, 11) is -3.80. The minimum Gasteiger partial charge on any atom is -0.336 e. The smallest absolute Gasteiger partial charge is 0.239 e. The molecular formula is C24H28F3N3O3S. The average molecular weight is 496 g/mol. The summed E-state index contributed by atoms with van der Waals surface area (Å²) >= 11 is 0. The summed E-state index contributed by atoms with van der Waals surface area (Å²) in [6.07, 6.45) is 2.67. The van der Waals surface area contributed by atoms with Crippen molar-refractivity contribution in [3.05, 3.63) is 71.0 Å². The number of nitrogens with one attached hydrogen (secondary N) is 1. The molecular weight excluding hydrogens is 467 g/mol. The van der Waals surface area contributed by atoms with Gasteiger partial charge in [-0.1, -0.05) is 30.3 Å². The van der Waals surface area contributed by atoms with Crippen molar-refractivity contribution in [2.45, 2.75) is 56.8 Å². The second kappa shape index (κ2) is 10.1. The molecule has 2 aliphatic rings. The predicted octanol–water partition coefficient (Wildman–Crippen LogP) is 2.86. The molecule has 2 saturated heterocycles. The maximum absolute atomic E-state index is 14.0. The van der Waals surface area contributed by atoms with Crippen LogP contribution in [0.3, 0.4) is 0 Å². The molecule has 2 aromatic rings. The van der Waals surface area contributed by atoms with Crippen LogP contribution in [0.25, 0.3) is 0 Å². The average Bonchev–Trinajstić information content (AvgIpc) is 3.06. The SMILES string of the molecule is N[C@H](Cc1cc(F)c(F)cc1F)C1CC2CCC(C1)N2C(=O)CS(=O)(=O)NCc1ccccc1. The van der Waals surface area contributed by atoms with Crippen LogP contribution in [0.5, 0.6) is 0 Å². The van der Waals surface area contributed by atoms with Crippen molar-refractivity contribution in [3.63, 3.8) is 0 Å². The maximum Gasteiger partial charge on any atom is 0.239 e. The highest BCUT2D eigenvalue weighted by molar-refractivity contribution is 7.90. The second-order valence-corrected chi connectivity index (χ2v) is 11.0. The first-order valence-corrected chi connectivity index (χ1v) is 13.0. The Hall–Kier alpha value is -2.43. The van der Waals surface area contributed by atoms with Crippen molar-refractivity contribution in [1.29, 1.82) is 0 Å². The lowest BCUT2D eigenvalue weighted by molar-refractivity contribution is -0.133. The molecule has 2 bridgehead atoms. The lowest BCUT2D eigenvalue weighted by Crippen LogP contribution is -2.52. The van der Waals surface area contributed by atoms with Gasteiger partial charge in [0.1, 0.15) is 11.6 Å². The second-order valence-electron chi connectivity index (χ2n) is 9.21. The van der Waals surface area contributed by atoms with Crippen LogP contribution in [0, 0.1) is 23.4 Å². The molecule has 10 heteroatoms. The van der Waals surface area contributed by atoms with E-state index in [2.05, 4.69) is 4.72 Å². The topological polar surface area (TPSA) is 92.5 Å². The van der Waals surface area contributed by atoms with Crippen LogP contribution in [-0.2, 0) is 27.8 Å². The Bertz CT molecular complexity index is 1130. The number of piperidine rings is 1. The third kappa shape index (κ3) is 5.61. The molecule has 3 atom stereocenters. The predicted molar refractivity (Wildman–Crippen MR) is 121 cm³/mol. The molecule has 6 nitrogen and oxygen atoms in total. The highest BCUT2D eigenvalue weighted by Gasteiger charge is 2.45. The van der Waals surface area contributed by atoms with E-state index in [0.717, 1.165) is 24.5 Å². The van der Waals surface area contributed by atoms with E-state index in [0.29, 0.717) is 18.9 Å². The summed E-state index contributed by atoms with van der Waals surface area (Å²) < 4.78 is 68.2. The summed E-state index contributed by atoms with van der Waals surface area (Å²) in [5, 5.41) is 0. The Labute approximate surface area is 197 Å². The van der Waals surface area contributed by atoms with Gasteiger partial charge in [0.05, 0.1) is 0 Å². The van der Waals surface area contributed by atoms with E-state index >= 15 is 0 Å². The largest absolute Gasteiger partial charge is 0.336 e. The molecule has 0 radical (unpaired) electrons. The van der Waals surface area contributed by atoms with E-state index in [-0.39, 0.29) is 36.5 Å². The third-order valence-corrected chi connectivity index (χ3v) is 8.07. The van der Waals surface area contributed by atoms with E-state index in [1.54, 1.807) is 17.0 Å². The van der Waals surface area contributed by atoms with Crippen molar-refractivity contribution >= 4 is 15.9 Å². The summed E-state index contributed by atoms with van der Waals surface area (Å²) in [6.45, 7) is 0.112. The number of carbonyl (C=O) groups is 1. The molecule has 2 heterocycles. The van der Waals surface area contributed by atoms with Gasteiger partial charge in [-0.15, -0.1) is 0 Å². The van der Waals surface area contributed by atoms with Gasteiger partial charge in [-0.2, -0.15) is 0 Å². The molecule has 2 fully saturated rings. The number of nitrogens with two attached hydrogens (primary N) is 1. The molecule has 1 amide bonds. The van der Waals surface area contributed by atoms with E-state index in [1.165, 1.54) is 0 Å². The van der Waals surface area contributed by atoms with Gasteiger partial charge >= 0.3 is 0 Å². The molecule has 2 unspecified atom stereocenters. The molecule has 34 heavy (non-hydrogen) atoms. The minimum atomic E-state index is -3.80. The summed E-state index contributed by atoms with van der Waals surface area (Å²) in [4.78, 5) is 14.6. The van der Waals surface area contributed by atoms with Gasteiger partial charge in [0.25, 0.3) is 0 Å². The zero-order valence-corrected chi connectivity index (χ0v) is 19.4. The first kappa shape index (κ1) is 24.7. The van der Waals surface area contributed by atoms with Crippen molar-refractivity contribution in [2.75, 3.05) is 5.75 Å². The number of amides is 1. The monoisotopic (exact) mass is 495 g/mol. The summed E-state index contributed by atoms with van der Waals surface area (Å²) in [5.41, 5.74) is 7.13. The molecule has 0 spiro atoms. The van der Waals surface area contributed by atoms with Gasteiger partial charge in [-0.3, -0.25) is 4.79 Å². The molecule has 3 N–H and O–H groups in total. The molecule has 0 saturated carbocycles. The van der Waals surface area contributed by atoms with E-state index in [1.807, 2.05) is 18.2 Å². The lowest BCUT2D eigenvalue weighted by atomic mass is 9.82. The van der Waals surface area contributed by atoms with Crippen LogP contribution in [0.15, 0.2) is 42.5 Å². The standard InChI is InChI=1S/C24H28F3N3O3S/c25-20-12-22(27)21(26)10-16(20)11-23(28)17-8-18-6-7-19(9-17)30(18)24(31)14-34(32,33)29-13-15-4-2-1-3-5-15/h1-5,10,12,17-19,23,29H,6-9,11,13-14,28H2/t17?,18?,19?,23-/m1/s1. The van der Waals surface area contributed by atoms with Gasteiger partial charge < -0.3 is 10.6 Å². The molecule has 2 aromatic carbocycles. The Morgan fingerprint density at radius 2 is 1.65 bits per heavy atom. The normalized spacial score (nSPS) is 23.2. The summed E-state index contributed by atoms with van der Waals surface area (Å²) in [6, 6.07) is 9.64. The van der Waals surface area contributed by atoms with Gasteiger partial charge in [0.2, 0.25) is 15.9 Å². The first-order valence-electron chi connectivity index (χ1n) is 11.3. The van der Waals surface area contributed by atoms with Crippen LogP contribution in [0.2, 0.25) is 0 Å². The molecule has 0 aromatic heterocycles. The fourth-order valence-electron chi connectivity index (χ4n) is 5.19. The van der Waals surface area contributed by atoms with Gasteiger partial charge in [-0.05, 0) is 55.2 Å². The number of benzene rings is 2. The number of fused-ring (bicyclic) bond motifs is 2. The highest BCUT2D eigenvalue weighted by atomic mass is 32.2. The molecule has 184 valence electrons. The van der Waals surface area contributed by atoms with Gasteiger partial charge in [0.15, 0.2) is 11.6 Å². The Balaban J connectivity index is 1.35. The number of hydrogen-bond donors (Lipinski definition) is 2. The molecule has 4 rings (SSSR count). The highest BCUT2D eigenvalue weighted by Crippen LogP contribution is 2.40. The molecule has 0 aliphatic carbocycles. The zero-order chi connectivity index (χ0) is 24.5. The third-order valence-electron chi connectivity index (χ3n) is 6.86. The van der Waals surface area contributed by atoms with Crippen LogP contribution in [-0.4, -0.2) is 43.1 Å². The Morgan fingerprint density at radius 3 is 2.29 bits per heavy atom. The Kier molecular flexibility index (Phi) is 7.30. The Morgan fingerprint density at radius 1 is 1.03 bits per heavy atom. The number of carbonyl (C=O) groups excluding carboxylic acids is 1.